The van der Waals surface area contributed by atoms with Gasteiger partial charge >= 0.3 is 0 Å². The molecule has 0 bridgehead atoms. The number of nitrogens with zero attached hydrogens (tertiary/aromatic N) is 4. The topological polar surface area (TPSA) is 72.7 Å². The van der Waals surface area contributed by atoms with Crippen LogP contribution in [0.4, 0.5) is 5.82 Å². The zero-order chi connectivity index (χ0) is 10.3. The summed E-state index contributed by atoms with van der Waals surface area (Å²) in [6.07, 6.45) is 5.62. The standard InChI is InChI=1S/C9H7N5O/c15-3-6-1-10-9-7-8(12-4-11-7)13-5-14(9)2-6/h1,3-5,10H,2H2. The predicted octanol–water partition coefficient (Wildman–Crippen LogP) is 0.286. The molecule has 0 fully saturated rings. The monoisotopic (exact) mass is 201 g/mol. The summed E-state index contributed by atoms with van der Waals surface area (Å²) < 4.78 is 1.83. The number of hydrogen-bond donors (Lipinski definition) is 1. The fourth-order valence-corrected chi connectivity index (χ4v) is 1.59. The molecule has 0 saturated heterocycles. The minimum absolute atomic E-state index is 0.516. The Morgan fingerprint density at radius 3 is 3.20 bits per heavy atom. The lowest BCUT2D eigenvalue weighted by atomic mass is 10.2. The number of imidazole rings is 1. The van der Waals surface area contributed by atoms with Crippen molar-refractivity contribution in [1.29, 1.82) is 0 Å². The Kier molecular flexibility index (Phi) is 1.55. The van der Waals surface area contributed by atoms with E-state index in [-0.39, 0.29) is 0 Å². The Labute approximate surface area is 85.0 Å². The molecule has 0 aromatic heterocycles. The van der Waals surface area contributed by atoms with Gasteiger partial charge in [0.1, 0.15) is 18.4 Å². The summed E-state index contributed by atoms with van der Waals surface area (Å²) in [4.78, 5) is 22.9. The van der Waals surface area contributed by atoms with Crippen LogP contribution in [0.3, 0.4) is 0 Å². The molecule has 3 aliphatic heterocycles. The minimum atomic E-state index is 0.516. The van der Waals surface area contributed by atoms with E-state index in [9.17, 15) is 4.79 Å². The molecule has 0 saturated carbocycles. The van der Waals surface area contributed by atoms with Crippen molar-refractivity contribution in [3.05, 3.63) is 24.4 Å². The van der Waals surface area contributed by atoms with Gasteiger partial charge in [0.25, 0.3) is 0 Å². The van der Waals surface area contributed by atoms with Crippen LogP contribution in [0.2, 0.25) is 0 Å². The van der Waals surface area contributed by atoms with Gasteiger partial charge in [0.15, 0.2) is 11.5 Å². The highest BCUT2D eigenvalue weighted by Gasteiger charge is 2.18. The van der Waals surface area contributed by atoms with Crippen molar-refractivity contribution in [3.63, 3.8) is 0 Å². The highest BCUT2D eigenvalue weighted by atomic mass is 16.1. The molecular formula is C9H7N5O. The average Bonchev–Trinajstić information content (AvgIpc) is 2.76. The Balaban J connectivity index is 2.16. The molecule has 6 nitrogen and oxygen atoms in total. The summed E-state index contributed by atoms with van der Waals surface area (Å²) in [7, 11) is 0. The van der Waals surface area contributed by atoms with E-state index in [0.29, 0.717) is 17.9 Å². The third-order valence-electron chi connectivity index (χ3n) is 2.31. The highest BCUT2D eigenvalue weighted by Crippen LogP contribution is 2.26. The van der Waals surface area contributed by atoms with E-state index >= 15 is 0 Å². The Morgan fingerprint density at radius 2 is 2.33 bits per heavy atom. The number of rotatable bonds is 1. The molecule has 0 aromatic carbocycles. The molecule has 74 valence electrons. The largest absolute Gasteiger partial charge is 0.346 e. The minimum Gasteiger partial charge on any atom is -0.346 e. The average molecular weight is 201 g/mol. The van der Waals surface area contributed by atoms with Gasteiger partial charge in [0.05, 0.1) is 12.9 Å². The maximum Gasteiger partial charge on any atom is 0.184 e. The molecule has 0 atom stereocenters. The Hall–Kier alpha value is -2.24. The summed E-state index contributed by atoms with van der Waals surface area (Å²) in [5.41, 5.74) is 1.40. The van der Waals surface area contributed by atoms with Gasteiger partial charge in [-0.25, -0.2) is 15.0 Å². The Bertz CT molecular complexity index is 529. The normalized spacial score (nSPS) is 14.3. The van der Waals surface area contributed by atoms with Crippen LogP contribution in [-0.4, -0.2) is 25.8 Å². The van der Waals surface area contributed by atoms with Crippen LogP contribution in [-0.2, 0) is 11.3 Å². The van der Waals surface area contributed by atoms with Gasteiger partial charge in [-0.2, -0.15) is 0 Å². The quantitative estimate of drug-likeness (QED) is 0.671. The fraction of sp³-hybridized carbons (Fsp3) is 0.111. The second-order valence-corrected chi connectivity index (χ2v) is 3.25. The second-order valence-electron chi connectivity index (χ2n) is 3.25. The van der Waals surface area contributed by atoms with Gasteiger partial charge < -0.3 is 9.88 Å². The maximum absolute atomic E-state index is 10.6. The lowest BCUT2D eigenvalue weighted by Crippen LogP contribution is -2.16. The van der Waals surface area contributed by atoms with Crippen LogP contribution >= 0.6 is 0 Å². The van der Waals surface area contributed by atoms with E-state index in [2.05, 4.69) is 20.3 Å². The number of hydrogen-bond acceptors (Lipinski definition) is 5. The van der Waals surface area contributed by atoms with Gasteiger partial charge in [-0.1, -0.05) is 0 Å². The molecule has 0 aromatic rings. The molecule has 3 rings (SSSR count). The molecule has 15 heavy (non-hydrogen) atoms. The molecule has 0 unspecified atom stereocenters. The van der Waals surface area contributed by atoms with Crippen LogP contribution in [0, 0.1) is 0 Å². The first-order valence-electron chi connectivity index (χ1n) is 4.45. The number of nitrogens with one attached hydrogen (secondary N) is 1. The number of carbonyl (C=O) groups excluding carboxylic acids is 1. The van der Waals surface area contributed by atoms with Gasteiger partial charge in [0, 0.05) is 11.8 Å². The number of fused-ring (bicyclic) bond motifs is 3. The third kappa shape index (κ3) is 1.11. The first kappa shape index (κ1) is 8.10. The number of aromatic nitrogens is 4. The van der Waals surface area contributed by atoms with Crippen molar-refractivity contribution in [2.75, 3.05) is 5.32 Å². The van der Waals surface area contributed by atoms with Crippen LogP contribution in [0.5, 0.6) is 0 Å². The van der Waals surface area contributed by atoms with Gasteiger partial charge in [-0.05, 0) is 0 Å². The van der Waals surface area contributed by atoms with Crippen molar-refractivity contribution < 1.29 is 4.79 Å². The fourth-order valence-electron chi connectivity index (χ4n) is 1.59. The van der Waals surface area contributed by atoms with Crippen molar-refractivity contribution in [2.45, 2.75) is 6.54 Å². The van der Waals surface area contributed by atoms with Crippen LogP contribution < -0.4 is 5.32 Å². The van der Waals surface area contributed by atoms with Crippen molar-refractivity contribution in [2.24, 2.45) is 0 Å². The second kappa shape index (κ2) is 2.88. The SMILES string of the molecule is O=CC1=CNc2c3ncnc-3ncn2C1. The van der Waals surface area contributed by atoms with Crippen LogP contribution in [0.25, 0.3) is 11.5 Å². The van der Waals surface area contributed by atoms with Gasteiger partial charge in [-0.3, -0.25) is 4.79 Å². The molecule has 3 heterocycles. The van der Waals surface area contributed by atoms with Crippen LogP contribution in [0.15, 0.2) is 24.4 Å². The van der Waals surface area contributed by atoms with Crippen molar-refractivity contribution >= 4 is 12.1 Å². The number of carbonyl (C=O) groups is 1. The summed E-state index contributed by atoms with van der Waals surface area (Å²) in [5, 5.41) is 3.02. The maximum atomic E-state index is 10.6. The summed E-state index contributed by atoms with van der Waals surface area (Å²) in [6, 6.07) is 0. The van der Waals surface area contributed by atoms with E-state index in [0.717, 1.165) is 17.8 Å². The first-order chi connectivity index (χ1) is 7.38. The molecule has 6 heteroatoms. The molecule has 0 amide bonds. The lowest BCUT2D eigenvalue weighted by molar-refractivity contribution is -0.105. The third-order valence-corrected chi connectivity index (χ3v) is 2.31. The summed E-state index contributed by atoms with van der Waals surface area (Å²) in [5.74, 6) is 1.43. The lowest BCUT2D eigenvalue weighted by Gasteiger charge is -2.19. The van der Waals surface area contributed by atoms with E-state index in [1.54, 1.807) is 12.5 Å². The van der Waals surface area contributed by atoms with Crippen LogP contribution in [0.1, 0.15) is 0 Å². The van der Waals surface area contributed by atoms with E-state index in [4.69, 9.17) is 0 Å². The smallest absolute Gasteiger partial charge is 0.184 e. The van der Waals surface area contributed by atoms with E-state index in [1.165, 1.54) is 6.33 Å². The van der Waals surface area contributed by atoms with E-state index in [1.807, 2.05) is 4.57 Å². The van der Waals surface area contributed by atoms with Crippen molar-refractivity contribution in [1.82, 2.24) is 19.5 Å². The summed E-state index contributed by atoms with van der Waals surface area (Å²) >= 11 is 0. The predicted molar refractivity (Wildman–Crippen MR) is 52.2 cm³/mol. The van der Waals surface area contributed by atoms with Gasteiger partial charge in [0.2, 0.25) is 0 Å². The van der Waals surface area contributed by atoms with Gasteiger partial charge in [-0.15, -0.1) is 0 Å². The highest BCUT2D eigenvalue weighted by molar-refractivity contribution is 5.77. The molecular weight excluding hydrogens is 194 g/mol. The zero-order valence-electron chi connectivity index (χ0n) is 7.71. The molecule has 3 aliphatic rings. The summed E-state index contributed by atoms with van der Waals surface area (Å²) in [6.45, 7) is 0.516. The molecule has 0 spiro atoms. The number of allylic oxidation sites excluding steroid dienone is 1. The Morgan fingerprint density at radius 1 is 1.40 bits per heavy atom. The van der Waals surface area contributed by atoms with Crippen molar-refractivity contribution in [3.8, 4) is 11.5 Å². The molecule has 0 radical (unpaired) electrons. The van der Waals surface area contributed by atoms with E-state index < -0.39 is 0 Å². The molecule has 1 N–H and O–H groups in total. The molecule has 0 aliphatic carbocycles. The zero-order valence-corrected chi connectivity index (χ0v) is 7.71. The number of aldehydes is 1. The first-order valence-corrected chi connectivity index (χ1v) is 4.45. The number of anilines is 1.